The van der Waals surface area contributed by atoms with Crippen LogP contribution in [0.2, 0.25) is 5.02 Å². The number of hydrogen-bond donors (Lipinski definition) is 1. The Bertz CT molecular complexity index is 923. The average Bonchev–Trinajstić information content (AvgIpc) is 3.07. The summed E-state index contributed by atoms with van der Waals surface area (Å²) >= 11 is 7.28. The monoisotopic (exact) mass is 352 g/mol. The zero-order valence-corrected chi connectivity index (χ0v) is 14.4. The zero-order chi connectivity index (χ0) is 16.9. The van der Waals surface area contributed by atoms with Gasteiger partial charge in [0.15, 0.2) is 10.7 Å². The van der Waals surface area contributed by atoms with Crippen molar-refractivity contribution in [3.8, 4) is 17.3 Å². The van der Waals surface area contributed by atoms with E-state index in [9.17, 15) is 5.26 Å². The van der Waals surface area contributed by atoms with Crippen LogP contribution in [0.15, 0.2) is 59.0 Å². The number of para-hydroxylation sites is 1. The van der Waals surface area contributed by atoms with Gasteiger partial charge in [-0.2, -0.15) is 10.4 Å². The summed E-state index contributed by atoms with van der Waals surface area (Å²) in [6, 6.07) is 17.3. The molecule has 0 atom stereocenters. The van der Waals surface area contributed by atoms with Gasteiger partial charge < -0.3 is 0 Å². The molecule has 3 rings (SSSR count). The molecule has 1 heterocycles. The molecule has 0 bridgehead atoms. The number of nitrogens with one attached hydrogen (secondary N) is 1. The summed E-state index contributed by atoms with van der Waals surface area (Å²) in [5, 5.41) is 16.7. The van der Waals surface area contributed by atoms with Gasteiger partial charge in [0.25, 0.3) is 0 Å². The first-order valence-corrected chi connectivity index (χ1v) is 8.44. The van der Waals surface area contributed by atoms with Crippen molar-refractivity contribution in [2.45, 2.75) is 6.92 Å². The summed E-state index contributed by atoms with van der Waals surface area (Å²) in [6.45, 7) is 1.98. The van der Waals surface area contributed by atoms with E-state index in [1.165, 1.54) is 11.3 Å². The maximum absolute atomic E-state index is 9.37. The van der Waals surface area contributed by atoms with Crippen molar-refractivity contribution in [3.63, 3.8) is 0 Å². The Morgan fingerprint density at radius 1 is 1.21 bits per heavy atom. The molecule has 0 aliphatic carbocycles. The molecule has 1 N–H and O–H groups in total. The van der Waals surface area contributed by atoms with Crippen molar-refractivity contribution in [1.29, 1.82) is 5.26 Å². The molecule has 24 heavy (non-hydrogen) atoms. The van der Waals surface area contributed by atoms with E-state index in [-0.39, 0.29) is 5.71 Å². The third-order valence-corrected chi connectivity index (χ3v) is 4.49. The van der Waals surface area contributed by atoms with Crippen LogP contribution in [0.3, 0.4) is 0 Å². The van der Waals surface area contributed by atoms with Gasteiger partial charge in [-0.3, -0.25) is 5.43 Å². The highest BCUT2D eigenvalue weighted by Crippen LogP contribution is 2.24. The van der Waals surface area contributed by atoms with Crippen molar-refractivity contribution in [1.82, 2.24) is 4.98 Å². The first-order chi connectivity index (χ1) is 11.7. The number of anilines is 1. The second-order valence-electron chi connectivity index (χ2n) is 5.04. The molecular formula is C18H13ClN4S. The summed E-state index contributed by atoms with van der Waals surface area (Å²) in [5.41, 5.74) is 6.85. The highest BCUT2D eigenvalue weighted by molar-refractivity contribution is 7.12. The van der Waals surface area contributed by atoms with Gasteiger partial charge in [-0.05, 0) is 30.7 Å². The minimum absolute atomic E-state index is 0.253. The summed E-state index contributed by atoms with van der Waals surface area (Å²) in [7, 11) is 0. The lowest BCUT2D eigenvalue weighted by Crippen LogP contribution is -2.02. The molecule has 4 nitrogen and oxygen atoms in total. The Hall–Kier alpha value is -2.68. The molecule has 0 aliphatic rings. The van der Waals surface area contributed by atoms with E-state index >= 15 is 0 Å². The molecule has 118 valence electrons. The molecule has 2 aromatic carbocycles. The van der Waals surface area contributed by atoms with Crippen LogP contribution < -0.4 is 5.43 Å². The van der Waals surface area contributed by atoms with Crippen LogP contribution in [0.1, 0.15) is 10.6 Å². The third kappa shape index (κ3) is 3.62. The van der Waals surface area contributed by atoms with Crippen LogP contribution in [-0.4, -0.2) is 10.7 Å². The highest BCUT2D eigenvalue weighted by Gasteiger charge is 2.10. The number of rotatable bonds is 4. The second kappa shape index (κ2) is 7.26. The Kier molecular flexibility index (Phi) is 4.90. The summed E-state index contributed by atoms with van der Waals surface area (Å²) < 4.78 is 0. The van der Waals surface area contributed by atoms with E-state index in [0.717, 1.165) is 22.5 Å². The van der Waals surface area contributed by atoms with Crippen LogP contribution in [0.5, 0.6) is 0 Å². The van der Waals surface area contributed by atoms with E-state index in [4.69, 9.17) is 11.6 Å². The SMILES string of the molecule is Cc1ccccc1N/N=C(\C#N)c1nc(-c2ccc(Cl)cc2)cs1. The number of thiazole rings is 1. The van der Waals surface area contributed by atoms with E-state index in [1.807, 2.05) is 60.8 Å². The lowest BCUT2D eigenvalue weighted by Gasteiger charge is -2.03. The standard InChI is InChI=1S/C18H13ClN4S/c1-12-4-2-3-5-15(12)22-23-16(10-20)18-21-17(11-24-18)13-6-8-14(19)9-7-13/h2-9,11,22H,1H3/b23-16+. The maximum Gasteiger partial charge on any atom is 0.196 e. The van der Waals surface area contributed by atoms with Crippen molar-refractivity contribution < 1.29 is 0 Å². The molecule has 0 amide bonds. The van der Waals surface area contributed by atoms with E-state index < -0.39 is 0 Å². The first kappa shape index (κ1) is 16.2. The van der Waals surface area contributed by atoms with Crippen LogP contribution in [-0.2, 0) is 0 Å². The van der Waals surface area contributed by atoms with E-state index in [1.54, 1.807) is 0 Å². The van der Waals surface area contributed by atoms with Gasteiger partial charge in [0, 0.05) is 16.0 Å². The second-order valence-corrected chi connectivity index (χ2v) is 6.34. The Morgan fingerprint density at radius 2 is 1.96 bits per heavy atom. The third-order valence-electron chi connectivity index (χ3n) is 3.39. The average molecular weight is 353 g/mol. The molecule has 3 aromatic rings. The topological polar surface area (TPSA) is 61.1 Å². The van der Waals surface area contributed by atoms with Crippen molar-refractivity contribution in [2.75, 3.05) is 5.43 Å². The number of hydrogen-bond acceptors (Lipinski definition) is 5. The van der Waals surface area contributed by atoms with Gasteiger partial charge in [-0.15, -0.1) is 11.3 Å². The number of nitrogens with zero attached hydrogens (tertiary/aromatic N) is 3. The lowest BCUT2D eigenvalue weighted by atomic mass is 10.2. The van der Waals surface area contributed by atoms with Crippen molar-refractivity contribution in [2.24, 2.45) is 5.10 Å². The fourth-order valence-electron chi connectivity index (χ4n) is 2.07. The number of benzene rings is 2. The molecule has 1 aromatic heterocycles. The molecule has 0 saturated carbocycles. The van der Waals surface area contributed by atoms with E-state index in [0.29, 0.717) is 10.0 Å². The van der Waals surface area contributed by atoms with Crippen LogP contribution in [0.25, 0.3) is 11.3 Å². The minimum atomic E-state index is 0.253. The summed E-state index contributed by atoms with van der Waals surface area (Å²) in [6.07, 6.45) is 0. The van der Waals surface area contributed by atoms with Gasteiger partial charge in [0.2, 0.25) is 0 Å². The Balaban J connectivity index is 1.84. The minimum Gasteiger partial charge on any atom is -0.277 e. The van der Waals surface area contributed by atoms with Gasteiger partial charge in [0.1, 0.15) is 6.07 Å². The van der Waals surface area contributed by atoms with Crippen molar-refractivity contribution >= 4 is 34.3 Å². The van der Waals surface area contributed by atoms with Crippen LogP contribution in [0.4, 0.5) is 5.69 Å². The summed E-state index contributed by atoms with van der Waals surface area (Å²) in [4.78, 5) is 4.50. The Labute approximate surface area is 149 Å². The largest absolute Gasteiger partial charge is 0.277 e. The van der Waals surface area contributed by atoms with E-state index in [2.05, 4.69) is 21.6 Å². The molecule has 0 aliphatic heterocycles. The Morgan fingerprint density at radius 3 is 2.67 bits per heavy atom. The van der Waals surface area contributed by atoms with Gasteiger partial charge in [-0.25, -0.2) is 4.98 Å². The molecular weight excluding hydrogens is 340 g/mol. The fraction of sp³-hybridized carbons (Fsp3) is 0.0556. The lowest BCUT2D eigenvalue weighted by molar-refractivity contribution is 1.28. The highest BCUT2D eigenvalue weighted by atomic mass is 35.5. The smallest absolute Gasteiger partial charge is 0.196 e. The number of nitriles is 1. The number of aryl methyl sites for hydroxylation is 1. The van der Waals surface area contributed by atoms with Crippen LogP contribution in [0, 0.1) is 18.3 Å². The number of hydrazone groups is 1. The number of aromatic nitrogens is 1. The quantitative estimate of drug-likeness (QED) is 0.524. The van der Waals surface area contributed by atoms with Gasteiger partial charge in [0.05, 0.1) is 11.4 Å². The van der Waals surface area contributed by atoms with Gasteiger partial charge in [-0.1, -0.05) is 41.9 Å². The zero-order valence-electron chi connectivity index (χ0n) is 12.8. The normalized spacial score (nSPS) is 11.1. The number of halogens is 1. The van der Waals surface area contributed by atoms with Gasteiger partial charge >= 0.3 is 0 Å². The molecule has 0 saturated heterocycles. The predicted octanol–water partition coefficient (Wildman–Crippen LogP) is 5.11. The molecule has 0 fully saturated rings. The summed E-state index contributed by atoms with van der Waals surface area (Å²) in [5.74, 6) is 0. The molecule has 0 radical (unpaired) electrons. The first-order valence-electron chi connectivity index (χ1n) is 7.18. The maximum atomic E-state index is 9.37. The van der Waals surface area contributed by atoms with Crippen molar-refractivity contribution in [3.05, 3.63) is 69.5 Å². The van der Waals surface area contributed by atoms with Crippen LogP contribution >= 0.6 is 22.9 Å². The molecule has 0 unspecified atom stereocenters. The fourth-order valence-corrected chi connectivity index (χ4v) is 2.96. The molecule has 6 heteroatoms. The predicted molar refractivity (Wildman–Crippen MR) is 99.5 cm³/mol. The molecule has 0 spiro atoms.